The van der Waals surface area contributed by atoms with Crippen molar-refractivity contribution >= 4 is 6.16 Å². The summed E-state index contributed by atoms with van der Waals surface area (Å²) in [6, 6.07) is 0. The van der Waals surface area contributed by atoms with E-state index < -0.39 is 6.16 Å². The van der Waals surface area contributed by atoms with Crippen LogP contribution in [0.25, 0.3) is 0 Å². The molecule has 2 N–H and O–H groups in total. The average molecular weight is 273 g/mol. The third kappa shape index (κ3) is 8.87. The van der Waals surface area contributed by atoms with E-state index in [9.17, 15) is 4.79 Å². The van der Waals surface area contributed by atoms with Gasteiger partial charge in [-0.2, -0.15) is 0 Å². The van der Waals surface area contributed by atoms with Gasteiger partial charge in [0.2, 0.25) is 0 Å². The number of unbranched alkanes of at least 4 members (excludes halogenated alkanes) is 3. The Hall–Kier alpha value is -0.770. The van der Waals surface area contributed by atoms with E-state index in [4.69, 9.17) is 5.11 Å². The fourth-order valence-corrected chi connectivity index (χ4v) is 2.44. The SMILES string of the molecule is CCCCC(CCCC)(CCCC)NCOC(=O)O. The number of carboxylic acid groups (broad SMARTS) is 1. The van der Waals surface area contributed by atoms with Gasteiger partial charge in [0.15, 0.2) is 0 Å². The van der Waals surface area contributed by atoms with Crippen molar-refractivity contribution in [2.24, 2.45) is 0 Å². The highest BCUT2D eigenvalue weighted by molar-refractivity contribution is 5.56. The van der Waals surface area contributed by atoms with Crippen LogP contribution in [0.4, 0.5) is 4.79 Å². The van der Waals surface area contributed by atoms with Gasteiger partial charge in [-0.25, -0.2) is 4.79 Å². The molecule has 0 atom stereocenters. The topological polar surface area (TPSA) is 58.6 Å². The van der Waals surface area contributed by atoms with Gasteiger partial charge in [-0.15, -0.1) is 0 Å². The summed E-state index contributed by atoms with van der Waals surface area (Å²) in [5.74, 6) is 0. The van der Waals surface area contributed by atoms with Crippen molar-refractivity contribution in [1.29, 1.82) is 0 Å². The third-order valence-electron chi connectivity index (χ3n) is 3.67. The van der Waals surface area contributed by atoms with Crippen LogP contribution in [0.3, 0.4) is 0 Å². The largest absolute Gasteiger partial charge is 0.507 e. The second kappa shape index (κ2) is 11.1. The van der Waals surface area contributed by atoms with E-state index in [2.05, 4.69) is 30.8 Å². The van der Waals surface area contributed by atoms with E-state index in [1.54, 1.807) is 0 Å². The van der Waals surface area contributed by atoms with Gasteiger partial charge in [-0.1, -0.05) is 59.3 Å². The molecule has 0 bridgehead atoms. The zero-order valence-electron chi connectivity index (χ0n) is 12.8. The molecule has 4 nitrogen and oxygen atoms in total. The van der Waals surface area contributed by atoms with Crippen LogP contribution < -0.4 is 5.32 Å². The Morgan fingerprint density at radius 3 is 1.74 bits per heavy atom. The van der Waals surface area contributed by atoms with E-state index >= 15 is 0 Å². The Kier molecular flexibility index (Phi) is 10.6. The van der Waals surface area contributed by atoms with Gasteiger partial charge in [0.1, 0.15) is 6.73 Å². The zero-order chi connectivity index (χ0) is 14.6. The molecule has 0 unspecified atom stereocenters. The molecule has 0 spiro atoms. The van der Waals surface area contributed by atoms with Crippen LogP contribution in [0.15, 0.2) is 0 Å². The minimum absolute atomic E-state index is 0.0531. The molecule has 0 aromatic heterocycles. The molecule has 19 heavy (non-hydrogen) atoms. The summed E-state index contributed by atoms with van der Waals surface area (Å²) in [6.07, 6.45) is 9.13. The highest BCUT2D eigenvalue weighted by Gasteiger charge is 2.27. The summed E-state index contributed by atoms with van der Waals surface area (Å²) in [7, 11) is 0. The Labute approximate surface area is 117 Å². The molecular formula is C15H31NO3. The number of ether oxygens (including phenoxy) is 1. The number of hydrogen-bond donors (Lipinski definition) is 2. The minimum Gasteiger partial charge on any atom is -0.450 e. The van der Waals surface area contributed by atoms with Gasteiger partial charge in [0, 0.05) is 5.54 Å². The van der Waals surface area contributed by atoms with Crippen molar-refractivity contribution < 1.29 is 14.6 Å². The number of carbonyl (C=O) groups is 1. The monoisotopic (exact) mass is 273 g/mol. The number of nitrogens with one attached hydrogen (secondary N) is 1. The molecule has 4 heteroatoms. The minimum atomic E-state index is -1.21. The quantitative estimate of drug-likeness (QED) is 0.405. The zero-order valence-corrected chi connectivity index (χ0v) is 12.8. The van der Waals surface area contributed by atoms with Crippen molar-refractivity contribution in [3.05, 3.63) is 0 Å². The van der Waals surface area contributed by atoms with Crippen LogP contribution in [-0.2, 0) is 4.74 Å². The molecule has 0 saturated heterocycles. The van der Waals surface area contributed by atoms with Gasteiger partial charge in [-0.3, -0.25) is 5.32 Å². The summed E-state index contributed by atoms with van der Waals surface area (Å²) < 4.78 is 4.64. The van der Waals surface area contributed by atoms with Crippen molar-refractivity contribution in [1.82, 2.24) is 5.32 Å². The summed E-state index contributed by atoms with van der Waals surface area (Å²) in [5, 5.41) is 11.9. The second-order valence-corrected chi connectivity index (χ2v) is 5.32. The fraction of sp³-hybridized carbons (Fsp3) is 0.933. The average Bonchev–Trinajstić information content (AvgIpc) is 2.39. The second-order valence-electron chi connectivity index (χ2n) is 5.32. The Morgan fingerprint density at radius 2 is 1.42 bits per heavy atom. The predicted octanol–water partition coefficient (Wildman–Crippen LogP) is 4.54. The highest BCUT2D eigenvalue weighted by Crippen LogP contribution is 2.27. The third-order valence-corrected chi connectivity index (χ3v) is 3.67. The molecule has 0 radical (unpaired) electrons. The van der Waals surface area contributed by atoms with Gasteiger partial charge in [0.25, 0.3) is 0 Å². The van der Waals surface area contributed by atoms with Gasteiger partial charge in [-0.05, 0) is 19.3 Å². The molecule has 114 valence electrons. The first kappa shape index (κ1) is 18.2. The lowest BCUT2D eigenvalue weighted by atomic mass is 9.83. The maximum absolute atomic E-state index is 10.5. The van der Waals surface area contributed by atoms with Crippen LogP contribution in [0, 0.1) is 0 Å². The van der Waals surface area contributed by atoms with E-state index in [1.165, 1.54) is 38.5 Å². The van der Waals surface area contributed by atoms with Crippen molar-refractivity contribution in [2.45, 2.75) is 84.1 Å². The van der Waals surface area contributed by atoms with Crippen molar-refractivity contribution in [3.8, 4) is 0 Å². The summed E-state index contributed by atoms with van der Waals surface area (Å²) >= 11 is 0. The number of rotatable bonds is 12. The van der Waals surface area contributed by atoms with Crippen LogP contribution in [-0.4, -0.2) is 23.5 Å². The van der Waals surface area contributed by atoms with Gasteiger partial charge < -0.3 is 9.84 Å². The molecule has 0 aliphatic rings. The Balaban J connectivity index is 4.51. The lowest BCUT2D eigenvalue weighted by Gasteiger charge is -2.35. The van der Waals surface area contributed by atoms with E-state index in [0.29, 0.717) is 0 Å². The molecule has 0 amide bonds. The van der Waals surface area contributed by atoms with Gasteiger partial charge >= 0.3 is 6.16 Å². The standard InChI is InChI=1S/C15H31NO3/c1-4-7-10-15(11-8-5-2,12-9-6-3)16-13-19-14(17)18/h16H,4-13H2,1-3H3,(H,17,18). The van der Waals surface area contributed by atoms with E-state index in [1.807, 2.05) is 0 Å². The molecule has 0 saturated carbocycles. The molecule has 0 aliphatic heterocycles. The van der Waals surface area contributed by atoms with E-state index in [0.717, 1.165) is 19.3 Å². The van der Waals surface area contributed by atoms with Crippen molar-refractivity contribution in [3.63, 3.8) is 0 Å². The van der Waals surface area contributed by atoms with Gasteiger partial charge in [0.05, 0.1) is 0 Å². The lowest BCUT2D eigenvalue weighted by molar-refractivity contribution is 0.0670. The Bertz CT molecular complexity index is 210. The first-order valence-electron chi connectivity index (χ1n) is 7.71. The Morgan fingerprint density at radius 1 is 1.00 bits per heavy atom. The molecule has 0 heterocycles. The maximum atomic E-state index is 10.5. The smallest absolute Gasteiger partial charge is 0.450 e. The van der Waals surface area contributed by atoms with Crippen molar-refractivity contribution in [2.75, 3.05) is 6.73 Å². The summed E-state index contributed by atoms with van der Waals surface area (Å²) in [5.41, 5.74) is 0.0531. The van der Waals surface area contributed by atoms with Crippen LogP contribution in [0.2, 0.25) is 0 Å². The molecule has 0 aliphatic carbocycles. The van der Waals surface area contributed by atoms with E-state index in [-0.39, 0.29) is 12.3 Å². The molecular weight excluding hydrogens is 242 g/mol. The lowest BCUT2D eigenvalue weighted by Crippen LogP contribution is -2.46. The predicted molar refractivity (Wildman–Crippen MR) is 78.4 cm³/mol. The van der Waals surface area contributed by atoms with Crippen LogP contribution in [0.1, 0.15) is 78.6 Å². The molecule has 0 aromatic carbocycles. The summed E-state index contributed by atoms with van der Waals surface area (Å²) in [4.78, 5) is 10.5. The maximum Gasteiger partial charge on any atom is 0.507 e. The number of hydrogen-bond acceptors (Lipinski definition) is 3. The summed E-state index contributed by atoms with van der Waals surface area (Å²) in [6.45, 7) is 6.68. The highest BCUT2D eigenvalue weighted by atomic mass is 16.7. The van der Waals surface area contributed by atoms with Crippen LogP contribution in [0.5, 0.6) is 0 Å². The normalized spacial score (nSPS) is 11.5. The first-order chi connectivity index (χ1) is 9.10. The molecule has 0 fully saturated rings. The van der Waals surface area contributed by atoms with Crippen LogP contribution >= 0.6 is 0 Å². The fourth-order valence-electron chi connectivity index (χ4n) is 2.44. The molecule has 0 aromatic rings. The first-order valence-corrected chi connectivity index (χ1v) is 7.71. The molecule has 0 rings (SSSR count).